The van der Waals surface area contributed by atoms with E-state index in [0.29, 0.717) is 18.2 Å². The first-order chi connectivity index (χ1) is 9.54. The van der Waals surface area contributed by atoms with Gasteiger partial charge in [0.25, 0.3) is 0 Å². The van der Waals surface area contributed by atoms with Crippen LogP contribution < -0.4 is 10.0 Å². The smallest absolute Gasteiger partial charge is 0.244 e. The van der Waals surface area contributed by atoms with Gasteiger partial charge in [-0.25, -0.2) is 23.1 Å². The zero-order chi connectivity index (χ0) is 14.6. The number of rotatable bonds is 6. The van der Waals surface area contributed by atoms with Gasteiger partial charge in [0.1, 0.15) is 16.5 Å². The number of sulfonamides is 1. The molecule has 0 bridgehead atoms. The molecule has 2 rings (SSSR count). The van der Waals surface area contributed by atoms with E-state index in [1.165, 1.54) is 6.07 Å². The molecule has 0 fully saturated rings. The highest BCUT2D eigenvalue weighted by molar-refractivity contribution is 7.89. The standard InChI is InChI=1S/C12H17N5O2S/c1-3-13-12-10(5-4-6-14-12)20(18,19)17-9(2)11-15-7-8-16-11/h4-9,17H,3H2,1-2H3,(H,13,14)(H,15,16). The van der Waals surface area contributed by atoms with Crippen LogP contribution in [0.3, 0.4) is 0 Å². The van der Waals surface area contributed by atoms with E-state index >= 15 is 0 Å². The summed E-state index contributed by atoms with van der Waals surface area (Å²) in [6, 6.07) is 2.65. The number of imidazole rings is 1. The van der Waals surface area contributed by atoms with Crippen LogP contribution in [0, 0.1) is 0 Å². The molecular formula is C12H17N5O2S. The number of hydrogen-bond acceptors (Lipinski definition) is 5. The lowest BCUT2D eigenvalue weighted by molar-refractivity contribution is 0.561. The molecule has 1 atom stereocenters. The summed E-state index contributed by atoms with van der Waals surface area (Å²) in [5.41, 5.74) is 0. The molecule has 108 valence electrons. The third kappa shape index (κ3) is 3.14. The second-order valence-electron chi connectivity index (χ2n) is 4.20. The summed E-state index contributed by atoms with van der Waals surface area (Å²) in [4.78, 5) is 11.1. The Morgan fingerprint density at radius 1 is 1.35 bits per heavy atom. The molecule has 0 aliphatic heterocycles. The summed E-state index contributed by atoms with van der Waals surface area (Å²) < 4.78 is 27.4. The Morgan fingerprint density at radius 2 is 2.15 bits per heavy atom. The predicted molar refractivity (Wildman–Crippen MR) is 75.7 cm³/mol. The van der Waals surface area contributed by atoms with Crippen LogP contribution in [0.5, 0.6) is 0 Å². The van der Waals surface area contributed by atoms with Crippen molar-refractivity contribution in [2.75, 3.05) is 11.9 Å². The highest BCUT2D eigenvalue weighted by Crippen LogP contribution is 2.20. The van der Waals surface area contributed by atoms with Gasteiger partial charge in [0.15, 0.2) is 0 Å². The Balaban J connectivity index is 2.27. The zero-order valence-electron chi connectivity index (χ0n) is 11.3. The summed E-state index contributed by atoms with van der Waals surface area (Å²) >= 11 is 0. The van der Waals surface area contributed by atoms with Crippen molar-refractivity contribution in [1.82, 2.24) is 19.7 Å². The normalized spacial score (nSPS) is 13.1. The van der Waals surface area contributed by atoms with E-state index in [9.17, 15) is 8.42 Å². The second-order valence-corrected chi connectivity index (χ2v) is 5.88. The van der Waals surface area contributed by atoms with Gasteiger partial charge in [-0.3, -0.25) is 0 Å². The summed E-state index contributed by atoms with van der Waals surface area (Å²) in [7, 11) is -3.67. The van der Waals surface area contributed by atoms with E-state index in [1.807, 2.05) is 6.92 Å². The first-order valence-electron chi connectivity index (χ1n) is 6.25. The molecule has 0 aliphatic rings. The molecule has 20 heavy (non-hydrogen) atoms. The maximum Gasteiger partial charge on any atom is 0.244 e. The van der Waals surface area contributed by atoms with E-state index in [2.05, 4.69) is 25.0 Å². The summed E-state index contributed by atoms with van der Waals surface area (Å²) in [6.45, 7) is 4.19. The molecule has 0 saturated carbocycles. The Bertz CT molecular complexity index is 654. The van der Waals surface area contributed by atoms with Gasteiger partial charge in [0.2, 0.25) is 10.0 Å². The third-order valence-electron chi connectivity index (χ3n) is 2.67. The number of hydrogen-bond donors (Lipinski definition) is 3. The number of aromatic nitrogens is 3. The van der Waals surface area contributed by atoms with Crippen molar-refractivity contribution >= 4 is 15.8 Å². The van der Waals surface area contributed by atoms with Crippen LogP contribution in [0.15, 0.2) is 35.6 Å². The second kappa shape index (κ2) is 6.02. The molecule has 2 heterocycles. The van der Waals surface area contributed by atoms with E-state index < -0.39 is 16.1 Å². The van der Waals surface area contributed by atoms with Crippen LogP contribution in [0.25, 0.3) is 0 Å². The number of pyridine rings is 1. The van der Waals surface area contributed by atoms with Crippen molar-refractivity contribution in [3.05, 3.63) is 36.5 Å². The Labute approximate surface area is 117 Å². The molecule has 0 aliphatic carbocycles. The molecule has 0 spiro atoms. The van der Waals surface area contributed by atoms with Crippen LogP contribution >= 0.6 is 0 Å². The van der Waals surface area contributed by atoms with Crippen molar-refractivity contribution in [3.63, 3.8) is 0 Å². The average Bonchev–Trinajstić information content (AvgIpc) is 2.93. The summed E-state index contributed by atoms with van der Waals surface area (Å²) in [6.07, 6.45) is 4.77. The molecule has 1 unspecified atom stereocenters. The zero-order valence-corrected chi connectivity index (χ0v) is 12.1. The number of anilines is 1. The molecule has 7 nitrogen and oxygen atoms in total. The van der Waals surface area contributed by atoms with Gasteiger partial charge in [-0.1, -0.05) is 0 Å². The third-order valence-corrected chi connectivity index (χ3v) is 4.24. The van der Waals surface area contributed by atoms with Crippen molar-refractivity contribution in [1.29, 1.82) is 0 Å². The number of H-pyrrole nitrogens is 1. The van der Waals surface area contributed by atoms with E-state index in [4.69, 9.17) is 0 Å². The maximum atomic E-state index is 12.4. The van der Waals surface area contributed by atoms with E-state index in [1.54, 1.807) is 31.6 Å². The van der Waals surface area contributed by atoms with Crippen molar-refractivity contribution in [2.45, 2.75) is 24.8 Å². The van der Waals surface area contributed by atoms with Crippen molar-refractivity contribution in [3.8, 4) is 0 Å². The minimum absolute atomic E-state index is 0.125. The maximum absolute atomic E-state index is 12.4. The number of nitrogens with one attached hydrogen (secondary N) is 3. The van der Waals surface area contributed by atoms with Crippen LogP contribution in [-0.2, 0) is 10.0 Å². The topological polar surface area (TPSA) is 99.8 Å². The first-order valence-corrected chi connectivity index (χ1v) is 7.73. The highest BCUT2D eigenvalue weighted by Gasteiger charge is 2.22. The largest absolute Gasteiger partial charge is 0.369 e. The van der Waals surface area contributed by atoms with Crippen LogP contribution in [0.1, 0.15) is 25.7 Å². The fourth-order valence-corrected chi connectivity index (χ4v) is 3.12. The lowest BCUT2D eigenvalue weighted by atomic mass is 10.3. The first kappa shape index (κ1) is 14.5. The molecule has 0 amide bonds. The van der Waals surface area contributed by atoms with Crippen LogP contribution in [0.2, 0.25) is 0 Å². The molecule has 0 saturated heterocycles. The van der Waals surface area contributed by atoms with Crippen LogP contribution in [-0.4, -0.2) is 29.9 Å². The van der Waals surface area contributed by atoms with Crippen molar-refractivity contribution in [2.24, 2.45) is 0 Å². The Hall–Kier alpha value is -1.93. The molecule has 3 N–H and O–H groups in total. The molecular weight excluding hydrogens is 278 g/mol. The van der Waals surface area contributed by atoms with E-state index in [0.717, 1.165) is 0 Å². The number of nitrogens with zero attached hydrogens (tertiary/aromatic N) is 2. The minimum Gasteiger partial charge on any atom is -0.369 e. The van der Waals surface area contributed by atoms with Gasteiger partial charge in [-0.2, -0.15) is 0 Å². The van der Waals surface area contributed by atoms with Gasteiger partial charge < -0.3 is 10.3 Å². The van der Waals surface area contributed by atoms with Crippen LogP contribution in [0.4, 0.5) is 5.82 Å². The van der Waals surface area contributed by atoms with Gasteiger partial charge in [-0.15, -0.1) is 0 Å². The van der Waals surface area contributed by atoms with Crippen molar-refractivity contribution < 1.29 is 8.42 Å². The quantitative estimate of drug-likeness (QED) is 0.745. The molecule has 2 aromatic heterocycles. The monoisotopic (exact) mass is 295 g/mol. The summed E-state index contributed by atoms with van der Waals surface area (Å²) in [5.74, 6) is 0.900. The minimum atomic E-state index is -3.67. The van der Waals surface area contributed by atoms with Gasteiger partial charge in [-0.05, 0) is 26.0 Å². The highest BCUT2D eigenvalue weighted by atomic mass is 32.2. The molecule has 0 aromatic carbocycles. The molecule has 0 radical (unpaired) electrons. The van der Waals surface area contributed by atoms with Gasteiger partial charge in [0.05, 0.1) is 6.04 Å². The Morgan fingerprint density at radius 3 is 2.80 bits per heavy atom. The average molecular weight is 295 g/mol. The fourth-order valence-electron chi connectivity index (χ4n) is 1.77. The lowest BCUT2D eigenvalue weighted by Gasteiger charge is -2.14. The predicted octanol–water partition coefficient (Wildman–Crippen LogP) is 1.28. The SMILES string of the molecule is CCNc1ncccc1S(=O)(=O)NC(C)c1ncc[nH]1. The Kier molecular flexibility index (Phi) is 4.35. The number of aromatic amines is 1. The fraction of sp³-hybridized carbons (Fsp3) is 0.333. The lowest BCUT2D eigenvalue weighted by Crippen LogP contribution is -2.28. The molecule has 2 aromatic rings. The van der Waals surface area contributed by atoms with Gasteiger partial charge >= 0.3 is 0 Å². The van der Waals surface area contributed by atoms with Gasteiger partial charge in [0, 0.05) is 25.1 Å². The molecule has 8 heteroatoms. The summed E-state index contributed by atoms with van der Waals surface area (Å²) in [5, 5.41) is 2.94. The van der Waals surface area contributed by atoms with E-state index in [-0.39, 0.29) is 4.90 Å².